The van der Waals surface area contributed by atoms with Gasteiger partial charge in [-0.05, 0) is 37.8 Å². The highest BCUT2D eigenvalue weighted by atomic mass is 32.2. The fourth-order valence-corrected chi connectivity index (χ4v) is 2.59. The maximum Gasteiger partial charge on any atom is 0.136 e. The van der Waals surface area contributed by atoms with Gasteiger partial charge in [0.2, 0.25) is 0 Å². The minimum atomic E-state index is -0.109. The second-order valence-corrected chi connectivity index (χ2v) is 5.50. The molecule has 1 nitrogen and oxygen atoms in total. The smallest absolute Gasteiger partial charge is 0.136 e. The topological polar surface area (TPSA) is 12.0 Å². The Hall–Kier alpha value is -0.540. The third-order valence-electron chi connectivity index (χ3n) is 2.99. The second-order valence-electron chi connectivity index (χ2n) is 4.36. The van der Waals surface area contributed by atoms with Crippen LogP contribution >= 0.6 is 11.8 Å². The minimum absolute atomic E-state index is 0.109. The average molecular weight is 239 g/mol. The lowest BCUT2D eigenvalue weighted by Crippen LogP contribution is -2.29. The van der Waals surface area contributed by atoms with Gasteiger partial charge in [0.1, 0.15) is 5.82 Å². The molecule has 1 aliphatic carbocycles. The van der Waals surface area contributed by atoms with Crippen LogP contribution in [-0.2, 0) is 0 Å². The van der Waals surface area contributed by atoms with Gasteiger partial charge < -0.3 is 5.32 Å². The summed E-state index contributed by atoms with van der Waals surface area (Å²) in [5.74, 6) is 1.71. The number of halogens is 1. The fourth-order valence-electron chi connectivity index (χ4n) is 1.77. The molecule has 0 aromatic heterocycles. The van der Waals surface area contributed by atoms with Crippen molar-refractivity contribution in [3.05, 3.63) is 30.1 Å². The van der Waals surface area contributed by atoms with Gasteiger partial charge in [0, 0.05) is 23.2 Å². The lowest BCUT2D eigenvalue weighted by molar-refractivity contribution is 0.514. The summed E-state index contributed by atoms with van der Waals surface area (Å²) in [7, 11) is 0. The Balaban J connectivity index is 1.66. The Labute approximate surface area is 101 Å². The molecule has 1 aromatic rings. The molecule has 0 amide bonds. The van der Waals surface area contributed by atoms with E-state index in [1.165, 1.54) is 18.9 Å². The number of hydrogen-bond donors (Lipinski definition) is 1. The molecule has 1 atom stereocenters. The van der Waals surface area contributed by atoms with Crippen LogP contribution in [0.5, 0.6) is 0 Å². The molecule has 1 N–H and O–H groups in total. The molecule has 2 rings (SSSR count). The van der Waals surface area contributed by atoms with Gasteiger partial charge in [-0.3, -0.25) is 0 Å². The molecular weight excluding hydrogens is 221 g/mol. The molecular formula is C13H18FNS. The van der Waals surface area contributed by atoms with Crippen LogP contribution in [0.15, 0.2) is 29.2 Å². The van der Waals surface area contributed by atoms with Crippen molar-refractivity contribution in [1.29, 1.82) is 0 Å². The molecule has 88 valence electrons. The Kier molecular flexibility index (Phi) is 4.24. The molecule has 0 spiro atoms. The van der Waals surface area contributed by atoms with Gasteiger partial charge in [0.05, 0.1) is 0 Å². The largest absolute Gasteiger partial charge is 0.313 e. The van der Waals surface area contributed by atoms with Gasteiger partial charge in [0.25, 0.3) is 0 Å². The van der Waals surface area contributed by atoms with E-state index in [2.05, 4.69) is 12.2 Å². The van der Waals surface area contributed by atoms with Crippen molar-refractivity contribution in [3.8, 4) is 0 Å². The Morgan fingerprint density at radius 1 is 1.44 bits per heavy atom. The summed E-state index contributed by atoms with van der Waals surface area (Å²) < 4.78 is 13.3. The Morgan fingerprint density at radius 2 is 2.19 bits per heavy atom. The highest BCUT2D eigenvalue weighted by molar-refractivity contribution is 7.99. The SMILES string of the molecule is CC(NCCSc1ccccc1F)C1CC1. The summed E-state index contributed by atoms with van der Waals surface area (Å²) in [5, 5.41) is 3.49. The molecule has 16 heavy (non-hydrogen) atoms. The molecule has 1 aromatic carbocycles. The molecule has 0 bridgehead atoms. The first-order valence-corrected chi connectivity index (χ1v) is 6.86. The average Bonchev–Trinajstić information content (AvgIpc) is 3.10. The zero-order valence-electron chi connectivity index (χ0n) is 9.58. The second kappa shape index (κ2) is 5.69. The van der Waals surface area contributed by atoms with Crippen LogP contribution in [0.3, 0.4) is 0 Å². The predicted molar refractivity (Wildman–Crippen MR) is 67.3 cm³/mol. The van der Waals surface area contributed by atoms with E-state index in [0.717, 1.165) is 23.1 Å². The monoisotopic (exact) mass is 239 g/mol. The molecule has 0 saturated heterocycles. The number of hydrogen-bond acceptors (Lipinski definition) is 2. The zero-order chi connectivity index (χ0) is 11.4. The van der Waals surface area contributed by atoms with E-state index in [1.54, 1.807) is 17.8 Å². The van der Waals surface area contributed by atoms with Gasteiger partial charge in [-0.25, -0.2) is 4.39 Å². The highest BCUT2D eigenvalue weighted by Crippen LogP contribution is 2.32. The van der Waals surface area contributed by atoms with Gasteiger partial charge in [0.15, 0.2) is 0 Å². The van der Waals surface area contributed by atoms with Crippen molar-refractivity contribution >= 4 is 11.8 Å². The molecule has 0 radical (unpaired) electrons. The lowest BCUT2D eigenvalue weighted by Gasteiger charge is -2.12. The predicted octanol–water partition coefficient (Wildman–Crippen LogP) is 3.31. The van der Waals surface area contributed by atoms with Gasteiger partial charge in [-0.2, -0.15) is 0 Å². The molecule has 1 fully saturated rings. The summed E-state index contributed by atoms with van der Waals surface area (Å²) in [4.78, 5) is 0.753. The third-order valence-corrected chi connectivity index (χ3v) is 4.04. The molecule has 1 aliphatic rings. The van der Waals surface area contributed by atoms with Crippen LogP contribution in [0.1, 0.15) is 19.8 Å². The van der Waals surface area contributed by atoms with Crippen LogP contribution < -0.4 is 5.32 Å². The highest BCUT2D eigenvalue weighted by Gasteiger charge is 2.27. The quantitative estimate of drug-likeness (QED) is 0.604. The summed E-state index contributed by atoms with van der Waals surface area (Å²) in [5.41, 5.74) is 0. The zero-order valence-corrected chi connectivity index (χ0v) is 10.4. The maximum absolute atomic E-state index is 13.3. The van der Waals surface area contributed by atoms with Crippen molar-refractivity contribution in [2.75, 3.05) is 12.3 Å². The van der Waals surface area contributed by atoms with E-state index in [-0.39, 0.29) is 5.82 Å². The van der Waals surface area contributed by atoms with Gasteiger partial charge in [-0.1, -0.05) is 12.1 Å². The Bertz CT molecular complexity index is 338. The molecule has 0 heterocycles. The Morgan fingerprint density at radius 3 is 2.88 bits per heavy atom. The molecule has 1 saturated carbocycles. The lowest BCUT2D eigenvalue weighted by atomic mass is 10.2. The summed E-state index contributed by atoms with van der Waals surface area (Å²) in [6.07, 6.45) is 2.74. The van der Waals surface area contributed by atoms with E-state index in [9.17, 15) is 4.39 Å². The van der Waals surface area contributed by atoms with Crippen LogP contribution in [-0.4, -0.2) is 18.3 Å². The number of benzene rings is 1. The van der Waals surface area contributed by atoms with E-state index in [0.29, 0.717) is 6.04 Å². The van der Waals surface area contributed by atoms with Crippen molar-refractivity contribution in [2.45, 2.75) is 30.7 Å². The van der Waals surface area contributed by atoms with Crippen LogP contribution in [0, 0.1) is 11.7 Å². The van der Waals surface area contributed by atoms with E-state index in [1.807, 2.05) is 12.1 Å². The number of nitrogens with one attached hydrogen (secondary N) is 1. The van der Waals surface area contributed by atoms with E-state index in [4.69, 9.17) is 0 Å². The van der Waals surface area contributed by atoms with Crippen molar-refractivity contribution < 1.29 is 4.39 Å². The third kappa shape index (κ3) is 3.49. The molecule has 1 unspecified atom stereocenters. The van der Waals surface area contributed by atoms with E-state index >= 15 is 0 Å². The van der Waals surface area contributed by atoms with Gasteiger partial charge in [-0.15, -0.1) is 11.8 Å². The van der Waals surface area contributed by atoms with Crippen molar-refractivity contribution in [3.63, 3.8) is 0 Å². The van der Waals surface area contributed by atoms with Crippen LogP contribution in [0.4, 0.5) is 4.39 Å². The number of thioether (sulfide) groups is 1. The summed E-state index contributed by atoms with van der Waals surface area (Å²) >= 11 is 1.58. The maximum atomic E-state index is 13.3. The standard InChI is InChI=1S/C13H18FNS/c1-10(11-6-7-11)15-8-9-16-13-5-3-2-4-12(13)14/h2-5,10-11,15H,6-9H2,1H3. The number of rotatable bonds is 6. The molecule has 3 heteroatoms. The van der Waals surface area contributed by atoms with Crippen LogP contribution in [0.2, 0.25) is 0 Å². The van der Waals surface area contributed by atoms with Gasteiger partial charge >= 0.3 is 0 Å². The first-order valence-electron chi connectivity index (χ1n) is 5.88. The normalized spacial score (nSPS) is 17.4. The first kappa shape index (κ1) is 11.9. The fraction of sp³-hybridized carbons (Fsp3) is 0.538. The van der Waals surface area contributed by atoms with Crippen molar-refractivity contribution in [2.24, 2.45) is 5.92 Å². The summed E-state index contributed by atoms with van der Waals surface area (Å²) in [6.45, 7) is 3.20. The van der Waals surface area contributed by atoms with E-state index < -0.39 is 0 Å². The summed E-state index contributed by atoms with van der Waals surface area (Å²) in [6, 6.07) is 7.59. The minimum Gasteiger partial charge on any atom is -0.313 e. The first-order chi connectivity index (χ1) is 7.77. The van der Waals surface area contributed by atoms with Crippen molar-refractivity contribution in [1.82, 2.24) is 5.32 Å². The van der Waals surface area contributed by atoms with Crippen LogP contribution in [0.25, 0.3) is 0 Å². The molecule has 0 aliphatic heterocycles.